The zero-order chi connectivity index (χ0) is 14.9. The number of ether oxygens (including phenoxy) is 1. The van der Waals surface area contributed by atoms with Gasteiger partial charge in [0.25, 0.3) is 0 Å². The van der Waals surface area contributed by atoms with E-state index in [2.05, 4.69) is 6.92 Å². The Morgan fingerprint density at radius 1 is 1.40 bits per heavy atom. The summed E-state index contributed by atoms with van der Waals surface area (Å²) >= 11 is 0. The maximum Gasteiger partial charge on any atom is 0.410 e. The van der Waals surface area contributed by atoms with Gasteiger partial charge in [-0.05, 0) is 56.4 Å². The average Bonchev–Trinajstić information content (AvgIpc) is 2.46. The molecule has 0 unspecified atom stereocenters. The Morgan fingerprint density at radius 3 is 2.75 bits per heavy atom. The van der Waals surface area contributed by atoms with Crippen LogP contribution in [0, 0.1) is 0 Å². The minimum absolute atomic E-state index is 0.237. The standard InChI is InChI=1S/C16H23NO3/c1-11-10-17(15(19)20-16(2,3)4)8-7-12-9-13(18)5-6-14(11)12/h5-6,9,11,18H,7-8,10H2,1-4H3/t11-/m0/s1. The van der Waals surface area contributed by atoms with Gasteiger partial charge in [0.2, 0.25) is 0 Å². The number of amides is 1. The molecule has 0 radical (unpaired) electrons. The lowest BCUT2D eigenvalue weighted by Crippen LogP contribution is -2.38. The number of rotatable bonds is 0. The third-order valence-corrected chi connectivity index (χ3v) is 3.45. The van der Waals surface area contributed by atoms with Crippen molar-refractivity contribution >= 4 is 6.09 Å². The molecule has 1 aliphatic rings. The topological polar surface area (TPSA) is 49.8 Å². The number of carbonyl (C=O) groups excluding carboxylic acids is 1. The second-order valence-corrected chi connectivity index (χ2v) is 6.46. The molecule has 4 heteroatoms. The molecule has 1 aromatic rings. The van der Waals surface area contributed by atoms with E-state index >= 15 is 0 Å². The van der Waals surface area contributed by atoms with Crippen LogP contribution in [-0.2, 0) is 11.2 Å². The van der Waals surface area contributed by atoms with Crippen molar-refractivity contribution < 1.29 is 14.6 Å². The van der Waals surface area contributed by atoms with Crippen molar-refractivity contribution in [2.75, 3.05) is 13.1 Å². The molecule has 110 valence electrons. The molecule has 0 fully saturated rings. The Labute approximate surface area is 120 Å². The van der Waals surface area contributed by atoms with Crippen molar-refractivity contribution in [1.29, 1.82) is 0 Å². The Hall–Kier alpha value is -1.71. The van der Waals surface area contributed by atoms with Crippen LogP contribution >= 0.6 is 0 Å². The molecule has 0 saturated carbocycles. The first kappa shape index (κ1) is 14.7. The summed E-state index contributed by atoms with van der Waals surface area (Å²) in [5.74, 6) is 0.516. The highest BCUT2D eigenvalue weighted by Crippen LogP contribution is 2.28. The first-order chi connectivity index (χ1) is 9.26. The van der Waals surface area contributed by atoms with Crippen molar-refractivity contribution in [3.63, 3.8) is 0 Å². The summed E-state index contributed by atoms with van der Waals surface area (Å²) < 4.78 is 5.44. The first-order valence-corrected chi connectivity index (χ1v) is 7.06. The number of hydrogen-bond acceptors (Lipinski definition) is 3. The van der Waals surface area contributed by atoms with Gasteiger partial charge < -0.3 is 14.7 Å². The van der Waals surface area contributed by atoms with E-state index in [0.29, 0.717) is 13.1 Å². The predicted molar refractivity (Wildman–Crippen MR) is 78.0 cm³/mol. The lowest BCUT2D eigenvalue weighted by Gasteiger charge is -2.27. The van der Waals surface area contributed by atoms with E-state index in [1.807, 2.05) is 26.8 Å². The summed E-state index contributed by atoms with van der Waals surface area (Å²) in [6.07, 6.45) is 0.481. The van der Waals surface area contributed by atoms with Crippen LogP contribution in [0.25, 0.3) is 0 Å². The molecule has 1 atom stereocenters. The van der Waals surface area contributed by atoms with Gasteiger partial charge in [-0.15, -0.1) is 0 Å². The Morgan fingerprint density at radius 2 is 2.10 bits per heavy atom. The van der Waals surface area contributed by atoms with E-state index in [1.54, 1.807) is 17.0 Å². The van der Waals surface area contributed by atoms with E-state index in [1.165, 1.54) is 5.56 Å². The van der Waals surface area contributed by atoms with Crippen LogP contribution in [-0.4, -0.2) is 34.8 Å². The molecule has 1 amide bonds. The van der Waals surface area contributed by atoms with E-state index < -0.39 is 5.60 Å². The van der Waals surface area contributed by atoms with Crippen molar-refractivity contribution in [3.05, 3.63) is 29.3 Å². The van der Waals surface area contributed by atoms with Gasteiger partial charge in [0.1, 0.15) is 11.4 Å². The van der Waals surface area contributed by atoms with Crippen molar-refractivity contribution in [3.8, 4) is 5.75 Å². The third kappa shape index (κ3) is 3.44. The summed E-state index contributed by atoms with van der Waals surface area (Å²) in [7, 11) is 0. The molecule has 2 rings (SSSR count). The minimum Gasteiger partial charge on any atom is -0.508 e. The quantitative estimate of drug-likeness (QED) is 0.791. The number of phenolic OH excluding ortho intramolecular Hbond substituents is 1. The van der Waals surface area contributed by atoms with Gasteiger partial charge >= 0.3 is 6.09 Å². The summed E-state index contributed by atoms with van der Waals surface area (Å²) in [5, 5.41) is 9.59. The van der Waals surface area contributed by atoms with E-state index in [0.717, 1.165) is 12.0 Å². The molecule has 4 nitrogen and oxygen atoms in total. The number of phenols is 1. The molecule has 0 spiro atoms. The molecule has 1 N–H and O–H groups in total. The molecule has 0 aliphatic carbocycles. The van der Waals surface area contributed by atoms with Gasteiger partial charge in [-0.1, -0.05) is 13.0 Å². The highest BCUT2D eigenvalue weighted by Gasteiger charge is 2.27. The zero-order valence-corrected chi connectivity index (χ0v) is 12.6. The van der Waals surface area contributed by atoms with Crippen LogP contribution in [0.2, 0.25) is 0 Å². The van der Waals surface area contributed by atoms with Crippen molar-refractivity contribution in [1.82, 2.24) is 4.90 Å². The number of aromatic hydroxyl groups is 1. The third-order valence-electron chi connectivity index (χ3n) is 3.45. The van der Waals surface area contributed by atoms with Gasteiger partial charge in [-0.2, -0.15) is 0 Å². The number of fused-ring (bicyclic) bond motifs is 1. The predicted octanol–water partition coefficient (Wildman–Crippen LogP) is 3.29. The molecule has 0 saturated heterocycles. The number of hydrogen-bond donors (Lipinski definition) is 1. The second-order valence-electron chi connectivity index (χ2n) is 6.46. The monoisotopic (exact) mass is 277 g/mol. The van der Waals surface area contributed by atoms with Gasteiger partial charge in [0.15, 0.2) is 0 Å². The normalized spacial score (nSPS) is 19.2. The van der Waals surface area contributed by atoms with Crippen LogP contribution in [0.3, 0.4) is 0 Å². The van der Waals surface area contributed by atoms with Crippen molar-refractivity contribution in [2.24, 2.45) is 0 Å². The SMILES string of the molecule is C[C@H]1CN(C(=O)OC(C)(C)C)CCc2cc(O)ccc21. The fourth-order valence-corrected chi connectivity index (χ4v) is 2.56. The fourth-order valence-electron chi connectivity index (χ4n) is 2.56. The summed E-state index contributed by atoms with van der Waals surface area (Å²) in [6.45, 7) is 8.98. The van der Waals surface area contributed by atoms with E-state index in [4.69, 9.17) is 4.74 Å². The Bertz CT molecular complexity index is 505. The zero-order valence-electron chi connectivity index (χ0n) is 12.6. The van der Waals surface area contributed by atoms with Crippen molar-refractivity contribution in [2.45, 2.75) is 45.6 Å². The second kappa shape index (κ2) is 5.35. The highest BCUT2D eigenvalue weighted by atomic mass is 16.6. The van der Waals surface area contributed by atoms with E-state index in [9.17, 15) is 9.90 Å². The largest absolute Gasteiger partial charge is 0.508 e. The van der Waals surface area contributed by atoms with Gasteiger partial charge in [0.05, 0.1) is 0 Å². The van der Waals surface area contributed by atoms with Crippen LogP contribution in [0.5, 0.6) is 5.75 Å². The number of carbonyl (C=O) groups is 1. The van der Waals surface area contributed by atoms with Gasteiger partial charge in [-0.25, -0.2) is 4.79 Å². The Kier molecular flexibility index (Phi) is 3.93. The molecular weight excluding hydrogens is 254 g/mol. The van der Waals surface area contributed by atoms with Crippen LogP contribution in [0.4, 0.5) is 4.79 Å². The molecule has 1 aliphatic heterocycles. The average molecular weight is 277 g/mol. The molecular formula is C16H23NO3. The molecule has 1 heterocycles. The van der Waals surface area contributed by atoms with E-state index in [-0.39, 0.29) is 17.8 Å². The Balaban J connectivity index is 2.15. The van der Waals surface area contributed by atoms with Gasteiger partial charge in [0, 0.05) is 13.1 Å². The first-order valence-electron chi connectivity index (χ1n) is 7.06. The lowest BCUT2D eigenvalue weighted by molar-refractivity contribution is 0.0248. The highest BCUT2D eigenvalue weighted by molar-refractivity contribution is 5.68. The fraction of sp³-hybridized carbons (Fsp3) is 0.562. The van der Waals surface area contributed by atoms with Crippen LogP contribution in [0.15, 0.2) is 18.2 Å². The summed E-state index contributed by atoms with van der Waals surface area (Å²) in [6, 6.07) is 5.46. The molecule has 0 aromatic heterocycles. The number of benzene rings is 1. The smallest absolute Gasteiger partial charge is 0.410 e. The minimum atomic E-state index is -0.474. The summed E-state index contributed by atoms with van der Waals surface area (Å²) in [5.41, 5.74) is 1.84. The number of nitrogens with zero attached hydrogens (tertiary/aromatic N) is 1. The maximum absolute atomic E-state index is 12.2. The molecule has 0 bridgehead atoms. The summed E-state index contributed by atoms with van der Waals surface area (Å²) in [4.78, 5) is 13.9. The molecule has 20 heavy (non-hydrogen) atoms. The van der Waals surface area contributed by atoms with Gasteiger partial charge in [-0.3, -0.25) is 0 Å². The molecule has 1 aromatic carbocycles. The van der Waals surface area contributed by atoms with Crippen LogP contribution < -0.4 is 0 Å². The lowest BCUT2D eigenvalue weighted by atomic mass is 9.95. The maximum atomic E-state index is 12.2. The van der Waals surface area contributed by atoms with Crippen LogP contribution in [0.1, 0.15) is 44.7 Å².